The highest BCUT2D eigenvalue weighted by Gasteiger charge is 2.09. The molecule has 0 fully saturated rings. The molecule has 1 N–H and O–H groups in total. The molecule has 2 aromatic rings. The van der Waals surface area contributed by atoms with Gasteiger partial charge in [0.25, 0.3) is 0 Å². The molecule has 0 atom stereocenters. The minimum Gasteiger partial charge on any atom is -0.494 e. The number of carbonyl (C=O) groups excluding carboxylic acids is 1. The predicted octanol–water partition coefficient (Wildman–Crippen LogP) is 5.49. The van der Waals surface area contributed by atoms with Gasteiger partial charge in [-0.3, -0.25) is 0 Å². The molecule has 2 aromatic carbocycles. The number of nitrogens with one attached hydrogen (secondary N) is 1. The van der Waals surface area contributed by atoms with Crippen LogP contribution < -0.4 is 10.1 Å². The van der Waals surface area contributed by atoms with Crippen molar-refractivity contribution in [3.63, 3.8) is 0 Å². The Morgan fingerprint density at radius 2 is 1.88 bits per heavy atom. The number of aryl methyl sites for hydroxylation is 1. The Labute approximate surface area is 159 Å². The quantitative estimate of drug-likeness (QED) is 0.683. The molecule has 2 amide bonds. The Morgan fingerprint density at radius 3 is 2.50 bits per heavy atom. The van der Waals surface area contributed by atoms with E-state index in [4.69, 9.17) is 16.3 Å². The second kappa shape index (κ2) is 9.20. The first-order valence-electron chi connectivity index (χ1n) is 8.51. The molecule has 0 aliphatic heterocycles. The maximum atomic E-state index is 12.2. The molecule has 0 aliphatic rings. The number of hydrogen-bond donors (Lipinski definition) is 1. The molecule has 0 aliphatic carbocycles. The average molecular weight is 371 g/mol. The number of benzene rings is 2. The Morgan fingerprint density at radius 1 is 1.19 bits per heavy atom. The van der Waals surface area contributed by atoms with Crippen LogP contribution in [0.4, 0.5) is 4.79 Å². The number of urea groups is 1. The van der Waals surface area contributed by atoms with Crippen LogP contribution in [0.25, 0.3) is 5.70 Å². The summed E-state index contributed by atoms with van der Waals surface area (Å²) >= 11 is 6.21. The number of amides is 2. The normalized spacial score (nSPS) is 11.2. The van der Waals surface area contributed by atoms with Gasteiger partial charge in [0, 0.05) is 16.3 Å². The van der Waals surface area contributed by atoms with Gasteiger partial charge in [-0.05, 0) is 67.8 Å². The molecule has 4 nitrogen and oxygen atoms in total. The van der Waals surface area contributed by atoms with Gasteiger partial charge in [0.1, 0.15) is 5.75 Å². The number of nitrogens with zero attached hydrogens (tertiary/aromatic N) is 1. The van der Waals surface area contributed by atoms with Crippen molar-refractivity contribution in [2.75, 3.05) is 6.61 Å². The van der Waals surface area contributed by atoms with Crippen LogP contribution in [0, 0.1) is 0 Å². The third-order valence-electron chi connectivity index (χ3n) is 3.87. The zero-order valence-corrected chi connectivity index (χ0v) is 16.1. The monoisotopic (exact) mass is 370 g/mol. The van der Waals surface area contributed by atoms with E-state index in [0.29, 0.717) is 28.6 Å². The fraction of sp³-hybridized carbons (Fsp3) is 0.238. The molecule has 0 saturated heterocycles. The van der Waals surface area contributed by atoms with Crippen LogP contribution >= 0.6 is 11.6 Å². The topological polar surface area (TPSA) is 50.7 Å². The highest BCUT2D eigenvalue weighted by molar-refractivity contribution is 6.32. The van der Waals surface area contributed by atoms with E-state index in [1.807, 2.05) is 49.4 Å². The smallest absolute Gasteiger partial charge is 0.345 e. The number of ether oxygens (including phenoxy) is 1. The Hall–Kier alpha value is -2.59. The summed E-state index contributed by atoms with van der Waals surface area (Å²) in [6.07, 6.45) is 0.875. The first-order chi connectivity index (χ1) is 12.4. The van der Waals surface area contributed by atoms with Crippen molar-refractivity contribution in [1.29, 1.82) is 0 Å². The van der Waals surface area contributed by atoms with Gasteiger partial charge in [-0.15, -0.1) is 0 Å². The van der Waals surface area contributed by atoms with Crippen molar-refractivity contribution in [2.24, 2.45) is 4.99 Å². The van der Waals surface area contributed by atoms with E-state index in [0.717, 1.165) is 23.3 Å². The largest absolute Gasteiger partial charge is 0.494 e. The molecular weight excluding hydrogens is 348 g/mol. The molecule has 26 heavy (non-hydrogen) atoms. The molecule has 0 bridgehead atoms. The fourth-order valence-electron chi connectivity index (χ4n) is 2.42. The standard InChI is InChI=1S/C21H23ClN2O2/c1-5-16-7-12-20(22)19(13-16)15(4)24-21(25)23-14(3)17-8-10-18(11-9-17)26-6-2/h7-13H,4-6H2,1-3H3,(H,24,25). The van der Waals surface area contributed by atoms with E-state index in [1.54, 1.807) is 6.92 Å². The van der Waals surface area contributed by atoms with Gasteiger partial charge in [0.15, 0.2) is 0 Å². The lowest BCUT2D eigenvalue weighted by Crippen LogP contribution is -2.19. The minimum atomic E-state index is -0.487. The van der Waals surface area contributed by atoms with Crippen molar-refractivity contribution >= 4 is 29.0 Å². The summed E-state index contributed by atoms with van der Waals surface area (Å²) in [6.45, 7) is 10.3. The summed E-state index contributed by atoms with van der Waals surface area (Å²) in [4.78, 5) is 16.3. The van der Waals surface area contributed by atoms with Crippen molar-refractivity contribution in [1.82, 2.24) is 5.32 Å². The van der Waals surface area contributed by atoms with E-state index >= 15 is 0 Å². The van der Waals surface area contributed by atoms with Gasteiger partial charge in [0.2, 0.25) is 0 Å². The highest BCUT2D eigenvalue weighted by atomic mass is 35.5. The van der Waals surface area contributed by atoms with E-state index in [1.165, 1.54) is 0 Å². The summed E-state index contributed by atoms with van der Waals surface area (Å²) in [7, 11) is 0. The van der Waals surface area contributed by atoms with E-state index in [-0.39, 0.29) is 0 Å². The van der Waals surface area contributed by atoms with Crippen LogP contribution in [0.2, 0.25) is 5.02 Å². The van der Waals surface area contributed by atoms with E-state index < -0.39 is 6.03 Å². The Kier molecular flexibility index (Phi) is 6.98. The Balaban J connectivity index is 2.09. The summed E-state index contributed by atoms with van der Waals surface area (Å²) in [6, 6.07) is 12.6. The molecule has 2 rings (SSSR count). The van der Waals surface area contributed by atoms with Crippen LogP contribution in [-0.2, 0) is 6.42 Å². The van der Waals surface area contributed by atoms with Gasteiger partial charge in [0.05, 0.1) is 12.3 Å². The van der Waals surface area contributed by atoms with Crippen LogP contribution in [-0.4, -0.2) is 18.3 Å². The summed E-state index contributed by atoms with van der Waals surface area (Å²) in [5.74, 6) is 0.785. The zero-order valence-electron chi connectivity index (χ0n) is 15.3. The number of halogens is 1. The van der Waals surface area contributed by atoms with Crippen LogP contribution in [0.1, 0.15) is 37.5 Å². The summed E-state index contributed by atoms with van der Waals surface area (Å²) in [5, 5.41) is 3.23. The molecule has 0 saturated carbocycles. The number of hydrogen-bond acceptors (Lipinski definition) is 2. The molecule has 0 aromatic heterocycles. The lowest BCUT2D eigenvalue weighted by atomic mass is 10.1. The molecule has 5 heteroatoms. The fourth-order valence-corrected chi connectivity index (χ4v) is 2.66. The molecule has 0 spiro atoms. The van der Waals surface area contributed by atoms with Crippen molar-refractivity contribution in [2.45, 2.75) is 27.2 Å². The van der Waals surface area contributed by atoms with Gasteiger partial charge in [-0.25, -0.2) is 4.79 Å². The second-order valence-corrected chi connectivity index (χ2v) is 6.14. The number of rotatable bonds is 6. The maximum absolute atomic E-state index is 12.2. The van der Waals surface area contributed by atoms with Gasteiger partial charge in [-0.2, -0.15) is 4.99 Å². The first-order valence-corrected chi connectivity index (χ1v) is 8.89. The van der Waals surface area contributed by atoms with Crippen LogP contribution in [0.3, 0.4) is 0 Å². The van der Waals surface area contributed by atoms with Crippen LogP contribution in [0.5, 0.6) is 5.75 Å². The van der Waals surface area contributed by atoms with Gasteiger partial charge in [-0.1, -0.05) is 31.2 Å². The van der Waals surface area contributed by atoms with Gasteiger partial charge < -0.3 is 10.1 Å². The lowest BCUT2D eigenvalue weighted by Gasteiger charge is -2.10. The van der Waals surface area contributed by atoms with Crippen LogP contribution in [0.15, 0.2) is 54.0 Å². The lowest BCUT2D eigenvalue weighted by molar-refractivity contribution is 0.253. The summed E-state index contributed by atoms with van der Waals surface area (Å²) in [5.41, 5.74) is 3.70. The number of aliphatic imine (C=N–C) groups is 1. The van der Waals surface area contributed by atoms with Gasteiger partial charge >= 0.3 is 6.03 Å². The van der Waals surface area contributed by atoms with Crippen molar-refractivity contribution in [3.8, 4) is 5.75 Å². The second-order valence-electron chi connectivity index (χ2n) is 5.73. The maximum Gasteiger partial charge on any atom is 0.345 e. The third-order valence-corrected chi connectivity index (χ3v) is 4.20. The zero-order chi connectivity index (χ0) is 19.1. The molecular formula is C21H23ClN2O2. The van der Waals surface area contributed by atoms with E-state index in [2.05, 4.69) is 23.8 Å². The highest BCUT2D eigenvalue weighted by Crippen LogP contribution is 2.23. The van der Waals surface area contributed by atoms with Crippen molar-refractivity contribution < 1.29 is 9.53 Å². The minimum absolute atomic E-state index is 0.429. The molecule has 0 radical (unpaired) electrons. The molecule has 0 unspecified atom stereocenters. The number of carbonyl (C=O) groups is 1. The average Bonchev–Trinajstić information content (AvgIpc) is 2.62. The predicted molar refractivity (Wildman–Crippen MR) is 108 cm³/mol. The molecule has 0 heterocycles. The molecule has 136 valence electrons. The van der Waals surface area contributed by atoms with E-state index in [9.17, 15) is 4.79 Å². The third kappa shape index (κ3) is 5.20. The summed E-state index contributed by atoms with van der Waals surface area (Å²) < 4.78 is 5.41. The SMILES string of the molecule is C=C(NC(=O)N=C(C)c1ccc(OCC)cc1)c1cc(CC)ccc1Cl. The first kappa shape index (κ1) is 19.7. The van der Waals surface area contributed by atoms with Crippen molar-refractivity contribution in [3.05, 3.63) is 70.8 Å². The Bertz CT molecular complexity index is 826.